The van der Waals surface area contributed by atoms with E-state index in [2.05, 4.69) is 21.7 Å². The Bertz CT molecular complexity index is 865. The standard InChI is InChI=1S/C18H17Cl2N3OS/c1-3-23-17(15-10-14(20)8-9-16(15)24-2)21-22-18(23)25-11-12-4-6-13(19)7-5-12/h4-10H,3,11H2,1-2H3. The van der Waals surface area contributed by atoms with E-state index in [0.29, 0.717) is 5.02 Å². The maximum atomic E-state index is 6.15. The topological polar surface area (TPSA) is 39.9 Å². The molecule has 130 valence electrons. The predicted octanol–water partition coefficient (Wildman–Crippen LogP) is 5.57. The van der Waals surface area contributed by atoms with Gasteiger partial charge in [-0.2, -0.15) is 0 Å². The Morgan fingerprint density at radius 1 is 1.04 bits per heavy atom. The van der Waals surface area contributed by atoms with Crippen LogP contribution in [-0.4, -0.2) is 21.9 Å². The molecule has 0 spiro atoms. The Balaban J connectivity index is 1.88. The molecule has 3 rings (SSSR count). The molecule has 0 amide bonds. The Morgan fingerprint density at radius 3 is 2.44 bits per heavy atom. The van der Waals surface area contributed by atoms with Gasteiger partial charge >= 0.3 is 0 Å². The molecule has 0 N–H and O–H groups in total. The van der Waals surface area contributed by atoms with Crippen LogP contribution in [0.2, 0.25) is 10.0 Å². The van der Waals surface area contributed by atoms with Gasteiger partial charge in [0.15, 0.2) is 11.0 Å². The summed E-state index contributed by atoms with van der Waals surface area (Å²) >= 11 is 13.7. The summed E-state index contributed by atoms with van der Waals surface area (Å²) in [4.78, 5) is 0. The van der Waals surface area contributed by atoms with E-state index in [1.54, 1.807) is 24.9 Å². The molecule has 0 unspecified atom stereocenters. The second-order valence-corrected chi connectivity index (χ2v) is 7.13. The molecule has 0 aliphatic heterocycles. The van der Waals surface area contributed by atoms with E-state index in [1.165, 1.54) is 5.56 Å². The summed E-state index contributed by atoms with van der Waals surface area (Å²) in [5, 5.41) is 10.9. The number of aromatic nitrogens is 3. The van der Waals surface area contributed by atoms with Crippen LogP contribution in [0.5, 0.6) is 5.75 Å². The molecule has 0 saturated heterocycles. The van der Waals surface area contributed by atoms with Crippen LogP contribution in [0.4, 0.5) is 0 Å². The molecule has 25 heavy (non-hydrogen) atoms. The Hall–Kier alpha value is -1.69. The fraction of sp³-hybridized carbons (Fsp3) is 0.222. The van der Waals surface area contributed by atoms with Crippen molar-refractivity contribution >= 4 is 35.0 Å². The lowest BCUT2D eigenvalue weighted by atomic mass is 10.2. The first kappa shape index (κ1) is 18.1. The van der Waals surface area contributed by atoms with Crippen molar-refractivity contribution in [3.63, 3.8) is 0 Å². The summed E-state index contributed by atoms with van der Waals surface area (Å²) in [5.74, 6) is 2.27. The minimum atomic E-state index is 0.636. The summed E-state index contributed by atoms with van der Waals surface area (Å²) in [6, 6.07) is 13.3. The first-order valence-corrected chi connectivity index (χ1v) is 9.51. The van der Waals surface area contributed by atoms with Gasteiger partial charge in [-0.05, 0) is 42.8 Å². The highest BCUT2D eigenvalue weighted by Gasteiger charge is 2.17. The van der Waals surface area contributed by atoms with Crippen molar-refractivity contribution in [1.82, 2.24) is 14.8 Å². The molecule has 1 aromatic heterocycles. The Kier molecular flexibility index (Phi) is 5.89. The third-order valence-electron chi connectivity index (χ3n) is 3.72. The van der Waals surface area contributed by atoms with Crippen LogP contribution < -0.4 is 4.74 Å². The second kappa shape index (κ2) is 8.13. The van der Waals surface area contributed by atoms with Crippen molar-refractivity contribution in [3.05, 3.63) is 58.1 Å². The largest absolute Gasteiger partial charge is 0.496 e. The molecule has 0 aliphatic rings. The molecule has 0 fully saturated rings. The van der Waals surface area contributed by atoms with Gasteiger partial charge in [0.25, 0.3) is 0 Å². The number of ether oxygens (including phenoxy) is 1. The molecular formula is C18H17Cl2N3OS. The van der Waals surface area contributed by atoms with Crippen LogP contribution in [0.15, 0.2) is 47.6 Å². The van der Waals surface area contributed by atoms with Crippen LogP contribution in [-0.2, 0) is 12.3 Å². The fourth-order valence-electron chi connectivity index (χ4n) is 2.46. The zero-order valence-electron chi connectivity index (χ0n) is 13.9. The monoisotopic (exact) mass is 393 g/mol. The van der Waals surface area contributed by atoms with Crippen molar-refractivity contribution < 1.29 is 4.74 Å². The van der Waals surface area contributed by atoms with Gasteiger partial charge < -0.3 is 9.30 Å². The van der Waals surface area contributed by atoms with Crippen molar-refractivity contribution in [2.24, 2.45) is 0 Å². The van der Waals surface area contributed by atoms with E-state index in [-0.39, 0.29) is 0 Å². The Labute approximate surface area is 161 Å². The molecule has 0 aliphatic carbocycles. The smallest absolute Gasteiger partial charge is 0.191 e. The molecule has 4 nitrogen and oxygen atoms in total. The predicted molar refractivity (Wildman–Crippen MR) is 104 cm³/mol. The lowest BCUT2D eigenvalue weighted by Gasteiger charge is -2.11. The van der Waals surface area contributed by atoms with Crippen molar-refractivity contribution in [3.8, 4) is 17.1 Å². The van der Waals surface area contributed by atoms with Crippen LogP contribution in [0, 0.1) is 0 Å². The summed E-state index contributed by atoms with van der Waals surface area (Å²) in [6.07, 6.45) is 0. The average Bonchev–Trinajstić information content (AvgIpc) is 3.04. The SMILES string of the molecule is CCn1c(SCc2ccc(Cl)cc2)nnc1-c1cc(Cl)ccc1OC. The number of benzene rings is 2. The van der Waals surface area contributed by atoms with Gasteiger partial charge in [-0.15, -0.1) is 10.2 Å². The zero-order valence-corrected chi connectivity index (χ0v) is 16.2. The Morgan fingerprint density at radius 2 is 1.76 bits per heavy atom. The van der Waals surface area contributed by atoms with Crippen LogP contribution >= 0.6 is 35.0 Å². The second-order valence-electron chi connectivity index (χ2n) is 5.31. The first-order valence-electron chi connectivity index (χ1n) is 7.76. The van der Waals surface area contributed by atoms with E-state index < -0.39 is 0 Å². The highest BCUT2D eigenvalue weighted by atomic mass is 35.5. The number of thioether (sulfide) groups is 1. The first-order chi connectivity index (χ1) is 12.1. The van der Waals surface area contributed by atoms with Crippen LogP contribution in [0.25, 0.3) is 11.4 Å². The van der Waals surface area contributed by atoms with Crippen LogP contribution in [0.3, 0.4) is 0 Å². The van der Waals surface area contributed by atoms with E-state index >= 15 is 0 Å². The van der Waals surface area contributed by atoms with E-state index in [9.17, 15) is 0 Å². The van der Waals surface area contributed by atoms with Gasteiger partial charge in [-0.3, -0.25) is 0 Å². The molecule has 7 heteroatoms. The minimum absolute atomic E-state index is 0.636. The summed E-state index contributed by atoms with van der Waals surface area (Å²) < 4.78 is 7.51. The molecule has 0 bridgehead atoms. The van der Waals surface area contributed by atoms with Gasteiger partial charge in [0.1, 0.15) is 5.75 Å². The normalized spacial score (nSPS) is 10.9. The average molecular weight is 394 g/mol. The summed E-state index contributed by atoms with van der Waals surface area (Å²) in [6.45, 7) is 2.82. The molecule has 2 aromatic carbocycles. The molecule has 0 atom stereocenters. The van der Waals surface area contributed by atoms with Gasteiger partial charge in [-0.1, -0.05) is 47.1 Å². The maximum absolute atomic E-state index is 6.15. The number of hydrogen-bond donors (Lipinski definition) is 0. The molecule has 0 saturated carbocycles. The zero-order chi connectivity index (χ0) is 17.8. The van der Waals surface area contributed by atoms with Crippen molar-refractivity contribution in [2.75, 3.05) is 7.11 Å². The number of halogens is 2. The van der Waals surface area contributed by atoms with Gasteiger partial charge in [0.2, 0.25) is 0 Å². The lowest BCUT2D eigenvalue weighted by molar-refractivity contribution is 0.416. The van der Waals surface area contributed by atoms with E-state index in [0.717, 1.165) is 39.6 Å². The minimum Gasteiger partial charge on any atom is -0.496 e. The number of hydrogen-bond acceptors (Lipinski definition) is 4. The van der Waals surface area contributed by atoms with E-state index in [4.69, 9.17) is 27.9 Å². The molecule has 0 radical (unpaired) electrons. The van der Waals surface area contributed by atoms with Crippen molar-refractivity contribution in [1.29, 1.82) is 0 Å². The third kappa shape index (κ3) is 4.11. The number of methoxy groups -OCH3 is 1. The summed E-state index contributed by atoms with van der Waals surface area (Å²) in [5.41, 5.74) is 2.02. The number of nitrogens with zero attached hydrogens (tertiary/aromatic N) is 3. The fourth-order valence-corrected chi connectivity index (χ4v) is 3.72. The lowest BCUT2D eigenvalue weighted by Crippen LogP contribution is -2.01. The van der Waals surface area contributed by atoms with E-state index in [1.807, 2.05) is 36.4 Å². The molecule has 1 heterocycles. The summed E-state index contributed by atoms with van der Waals surface area (Å²) in [7, 11) is 1.63. The highest BCUT2D eigenvalue weighted by molar-refractivity contribution is 7.98. The number of rotatable bonds is 6. The van der Waals surface area contributed by atoms with Gasteiger partial charge in [0.05, 0.1) is 12.7 Å². The third-order valence-corrected chi connectivity index (χ3v) is 5.24. The molecular weight excluding hydrogens is 377 g/mol. The quantitative estimate of drug-likeness (QED) is 0.513. The highest BCUT2D eigenvalue weighted by Crippen LogP contribution is 2.33. The molecule has 3 aromatic rings. The maximum Gasteiger partial charge on any atom is 0.191 e. The van der Waals surface area contributed by atoms with Gasteiger partial charge in [-0.25, -0.2) is 0 Å². The van der Waals surface area contributed by atoms with Crippen molar-refractivity contribution in [2.45, 2.75) is 24.4 Å². The van der Waals surface area contributed by atoms with Gasteiger partial charge in [0, 0.05) is 22.3 Å². The van der Waals surface area contributed by atoms with Crippen LogP contribution in [0.1, 0.15) is 12.5 Å².